The molecular weight excluding hydrogens is 258 g/mol. The second-order valence-corrected chi connectivity index (χ2v) is 5.67. The Bertz CT molecular complexity index is 550. The van der Waals surface area contributed by atoms with Crippen molar-refractivity contribution in [3.63, 3.8) is 0 Å². The third-order valence-electron chi connectivity index (χ3n) is 4.27. The molecule has 2 atom stereocenters. The lowest BCUT2D eigenvalue weighted by molar-refractivity contribution is -0.142. The molecule has 1 N–H and O–H groups in total. The average Bonchev–Trinajstić information content (AvgIpc) is 2.85. The first-order valence-corrected chi connectivity index (χ1v) is 6.81. The largest absolute Gasteiger partial charge is 0.481 e. The van der Waals surface area contributed by atoms with Gasteiger partial charge in [0, 0.05) is 31.4 Å². The summed E-state index contributed by atoms with van der Waals surface area (Å²) in [7, 11) is 1.86. The number of carbonyl (C=O) groups excluding carboxylic acids is 1. The second-order valence-electron chi connectivity index (χ2n) is 5.67. The molecule has 0 aromatic carbocycles. The molecule has 0 radical (unpaired) electrons. The molecule has 20 heavy (non-hydrogen) atoms. The van der Waals surface area contributed by atoms with Gasteiger partial charge in [0.1, 0.15) is 0 Å². The number of aryl methyl sites for hydroxylation is 2. The molecule has 1 aromatic heterocycles. The van der Waals surface area contributed by atoms with Crippen molar-refractivity contribution in [1.82, 2.24) is 14.7 Å². The fourth-order valence-electron chi connectivity index (χ4n) is 2.83. The van der Waals surface area contributed by atoms with Crippen molar-refractivity contribution in [1.29, 1.82) is 0 Å². The number of hydrogen-bond acceptors (Lipinski definition) is 3. The molecule has 1 aromatic rings. The van der Waals surface area contributed by atoms with Crippen LogP contribution in [0.4, 0.5) is 0 Å². The highest BCUT2D eigenvalue weighted by atomic mass is 16.4. The van der Waals surface area contributed by atoms with E-state index in [1.54, 1.807) is 9.58 Å². The van der Waals surface area contributed by atoms with E-state index in [2.05, 4.69) is 5.10 Å². The van der Waals surface area contributed by atoms with Crippen molar-refractivity contribution in [2.24, 2.45) is 18.9 Å². The minimum absolute atomic E-state index is 0.00698. The van der Waals surface area contributed by atoms with Crippen molar-refractivity contribution in [3.05, 3.63) is 17.0 Å². The maximum Gasteiger partial charge on any atom is 0.308 e. The summed E-state index contributed by atoms with van der Waals surface area (Å²) in [6.07, 6.45) is 0.296. The van der Waals surface area contributed by atoms with Crippen molar-refractivity contribution in [3.8, 4) is 0 Å². The smallest absolute Gasteiger partial charge is 0.308 e. The van der Waals surface area contributed by atoms with Gasteiger partial charge < -0.3 is 10.0 Å². The highest BCUT2D eigenvalue weighted by molar-refractivity contribution is 5.81. The highest BCUT2D eigenvalue weighted by Gasteiger charge is 2.37. The van der Waals surface area contributed by atoms with Gasteiger partial charge in [-0.3, -0.25) is 14.3 Å². The van der Waals surface area contributed by atoms with E-state index in [1.807, 2.05) is 27.8 Å². The van der Waals surface area contributed by atoms with Crippen molar-refractivity contribution < 1.29 is 14.7 Å². The van der Waals surface area contributed by atoms with E-state index in [1.165, 1.54) is 0 Å². The fraction of sp³-hybridized carbons (Fsp3) is 0.643. The van der Waals surface area contributed by atoms with E-state index in [0.717, 1.165) is 17.0 Å². The van der Waals surface area contributed by atoms with Crippen LogP contribution in [0, 0.1) is 25.7 Å². The van der Waals surface area contributed by atoms with E-state index >= 15 is 0 Å². The molecule has 1 saturated heterocycles. The van der Waals surface area contributed by atoms with Gasteiger partial charge in [0.05, 0.1) is 18.0 Å². The van der Waals surface area contributed by atoms with Gasteiger partial charge in [0.25, 0.3) is 0 Å². The molecule has 0 unspecified atom stereocenters. The number of amides is 1. The molecule has 6 heteroatoms. The lowest BCUT2D eigenvalue weighted by Crippen LogP contribution is -2.31. The number of carboxylic acid groups (broad SMARTS) is 1. The molecule has 1 amide bonds. The Labute approximate surface area is 118 Å². The Kier molecular flexibility index (Phi) is 3.83. The Balaban J connectivity index is 2.08. The summed E-state index contributed by atoms with van der Waals surface area (Å²) in [4.78, 5) is 25.1. The van der Waals surface area contributed by atoms with Gasteiger partial charge >= 0.3 is 5.97 Å². The van der Waals surface area contributed by atoms with Crippen LogP contribution in [0.25, 0.3) is 0 Å². The highest BCUT2D eigenvalue weighted by Crippen LogP contribution is 2.24. The minimum atomic E-state index is -0.818. The summed E-state index contributed by atoms with van der Waals surface area (Å²) in [5.74, 6) is -1.27. The van der Waals surface area contributed by atoms with Crippen LogP contribution in [-0.2, 0) is 23.1 Å². The zero-order valence-corrected chi connectivity index (χ0v) is 12.4. The van der Waals surface area contributed by atoms with Gasteiger partial charge in [-0.2, -0.15) is 5.10 Å². The number of aliphatic carboxylic acids is 1. The Morgan fingerprint density at radius 1 is 1.35 bits per heavy atom. The number of likely N-dealkylation sites (tertiary alicyclic amines) is 1. The normalized spacial score (nSPS) is 22.3. The molecule has 0 spiro atoms. The fourth-order valence-corrected chi connectivity index (χ4v) is 2.83. The quantitative estimate of drug-likeness (QED) is 0.886. The summed E-state index contributed by atoms with van der Waals surface area (Å²) < 4.78 is 1.77. The molecular formula is C14H21N3O3. The monoisotopic (exact) mass is 279 g/mol. The van der Waals surface area contributed by atoms with Gasteiger partial charge in [-0.25, -0.2) is 0 Å². The topological polar surface area (TPSA) is 75.4 Å². The van der Waals surface area contributed by atoms with Crippen molar-refractivity contribution in [2.75, 3.05) is 13.1 Å². The van der Waals surface area contributed by atoms with Crippen LogP contribution >= 0.6 is 0 Å². The lowest BCUT2D eigenvalue weighted by atomic mass is 9.99. The van der Waals surface area contributed by atoms with Crippen LogP contribution in [-0.4, -0.2) is 44.8 Å². The van der Waals surface area contributed by atoms with E-state index in [0.29, 0.717) is 19.5 Å². The molecule has 1 aliphatic rings. The SMILES string of the molecule is Cc1nn(C)c(C)c1CC(=O)N1C[C@@H](C)[C@H](C(=O)O)C1. The molecule has 0 aliphatic carbocycles. The zero-order valence-electron chi connectivity index (χ0n) is 12.4. The molecule has 2 heterocycles. The summed E-state index contributed by atoms with van der Waals surface area (Å²) in [5.41, 5.74) is 2.79. The number of carbonyl (C=O) groups is 2. The first-order chi connectivity index (χ1) is 9.31. The molecule has 0 saturated carbocycles. The Morgan fingerprint density at radius 3 is 2.45 bits per heavy atom. The van der Waals surface area contributed by atoms with E-state index < -0.39 is 11.9 Å². The third-order valence-corrected chi connectivity index (χ3v) is 4.27. The molecule has 2 rings (SSSR count). The minimum Gasteiger partial charge on any atom is -0.481 e. The van der Waals surface area contributed by atoms with Gasteiger partial charge in [-0.05, 0) is 19.8 Å². The molecule has 110 valence electrons. The van der Waals surface area contributed by atoms with Crippen LogP contribution in [0.2, 0.25) is 0 Å². The van der Waals surface area contributed by atoms with Crippen LogP contribution in [0.1, 0.15) is 23.9 Å². The van der Waals surface area contributed by atoms with Gasteiger partial charge in [0.15, 0.2) is 0 Å². The summed E-state index contributed by atoms with van der Waals surface area (Å²) >= 11 is 0. The molecule has 1 fully saturated rings. The van der Waals surface area contributed by atoms with E-state index in [4.69, 9.17) is 5.11 Å². The Morgan fingerprint density at radius 2 is 2.00 bits per heavy atom. The second kappa shape index (κ2) is 5.26. The Hall–Kier alpha value is -1.85. The number of nitrogens with zero attached hydrogens (tertiary/aromatic N) is 3. The maximum absolute atomic E-state index is 12.3. The van der Waals surface area contributed by atoms with Gasteiger partial charge in [-0.15, -0.1) is 0 Å². The molecule has 0 bridgehead atoms. The summed E-state index contributed by atoms with van der Waals surface area (Å²) in [6, 6.07) is 0. The third kappa shape index (κ3) is 2.55. The van der Waals surface area contributed by atoms with Crippen LogP contribution in [0.3, 0.4) is 0 Å². The van der Waals surface area contributed by atoms with E-state index in [-0.39, 0.29) is 11.8 Å². The predicted octanol–water partition coefficient (Wildman–Crippen LogP) is 0.759. The first-order valence-electron chi connectivity index (χ1n) is 6.81. The average molecular weight is 279 g/mol. The number of aromatic nitrogens is 2. The van der Waals surface area contributed by atoms with Crippen LogP contribution in [0.5, 0.6) is 0 Å². The van der Waals surface area contributed by atoms with Crippen molar-refractivity contribution >= 4 is 11.9 Å². The zero-order chi connectivity index (χ0) is 15.0. The van der Waals surface area contributed by atoms with E-state index in [9.17, 15) is 9.59 Å². The predicted molar refractivity (Wildman–Crippen MR) is 73.3 cm³/mol. The van der Waals surface area contributed by atoms with Gasteiger partial charge in [0.2, 0.25) is 5.91 Å². The molecule has 6 nitrogen and oxygen atoms in total. The summed E-state index contributed by atoms with van der Waals surface area (Å²) in [5, 5.41) is 13.4. The first kappa shape index (κ1) is 14.6. The summed E-state index contributed by atoms with van der Waals surface area (Å²) in [6.45, 7) is 6.55. The standard InChI is InChI=1S/C14H21N3O3/c1-8-6-17(7-12(8)14(19)20)13(18)5-11-9(2)15-16(4)10(11)3/h8,12H,5-7H2,1-4H3,(H,19,20)/t8-,12-/m1/s1. The van der Waals surface area contributed by atoms with Crippen molar-refractivity contribution in [2.45, 2.75) is 27.2 Å². The molecule has 1 aliphatic heterocycles. The van der Waals surface area contributed by atoms with Crippen LogP contribution < -0.4 is 0 Å². The number of hydrogen-bond donors (Lipinski definition) is 1. The lowest BCUT2D eigenvalue weighted by Gasteiger charge is -2.16. The number of rotatable bonds is 3. The van der Waals surface area contributed by atoms with Crippen LogP contribution in [0.15, 0.2) is 0 Å². The maximum atomic E-state index is 12.3. The number of carboxylic acids is 1. The van der Waals surface area contributed by atoms with Gasteiger partial charge in [-0.1, -0.05) is 6.92 Å².